The van der Waals surface area contributed by atoms with Gasteiger partial charge in [-0.3, -0.25) is 0 Å². The fourth-order valence-corrected chi connectivity index (χ4v) is 4.26. The number of hydrogen-bond donors (Lipinski definition) is 1. The van der Waals surface area contributed by atoms with Gasteiger partial charge in [-0.15, -0.1) is 0 Å². The van der Waals surface area contributed by atoms with Gasteiger partial charge >= 0.3 is 0 Å². The van der Waals surface area contributed by atoms with Crippen LogP contribution in [-0.2, 0) is 0 Å². The van der Waals surface area contributed by atoms with Gasteiger partial charge in [0.2, 0.25) is 0 Å². The van der Waals surface area contributed by atoms with Crippen LogP contribution in [0.5, 0.6) is 0 Å². The Kier molecular flexibility index (Phi) is 14.0. The Morgan fingerprint density at radius 1 is 0.607 bits per heavy atom. The second kappa shape index (κ2) is 14.1. The lowest BCUT2D eigenvalue weighted by Gasteiger charge is -2.36. The molecule has 170 valence electrons. The molecule has 0 radical (unpaired) electrons. The summed E-state index contributed by atoms with van der Waals surface area (Å²) in [6, 6.07) is 0.348. The van der Waals surface area contributed by atoms with Crippen LogP contribution < -0.4 is 5.73 Å². The summed E-state index contributed by atoms with van der Waals surface area (Å²) in [5.41, 5.74) is 7.29. The molecular weight excluding hydrogens is 338 g/mol. The highest BCUT2D eigenvalue weighted by Gasteiger charge is 2.30. The van der Waals surface area contributed by atoms with Crippen LogP contribution in [-0.4, -0.2) is 6.04 Å². The van der Waals surface area contributed by atoms with Crippen molar-refractivity contribution in [1.82, 2.24) is 0 Å². The first kappa shape index (κ1) is 28.0. The number of unbranched alkanes of at least 4 members (excludes halogenated alkanes) is 7. The maximum Gasteiger partial charge on any atom is 0.00902 e. The fraction of sp³-hybridized carbons (Fsp3) is 1.00. The molecule has 0 aromatic heterocycles. The van der Waals surface area contributed by atoms with Crippen molar-refractivity contribution in [2.75, 3.05) is 0 Å². The number of nitrogens with two attached hydrogens (primary N) is 1. The van der Waals surface area contributed by atoms with E-state index in [0.29, 0.717) is 11.5 Å². The Morgan fingerprint density at radius 2 is 1.04 bits per heavy atom. The Hall–Kier alpha value is -0.0400. The lowest BCUT2D eigenvalue weighted by molar-refractivity contribution is 0.152. The molecule has 1 heteroatoms. The summed E-state index contributed by atoms with van der Waals surface area (Å²) < 4.78 is 0. The van der Waals surface area contributed by atoms with E-state index in [1.165, 1.54) is 77.0 Å². The third-order valence-corrected chi connectivity index (χ3v) is 7.51. The molecule has 3 unspecified atom stereocenters. The maximum atomic E-state index is 6.62. The van der Waals surface area contributed by atoms with Crippen molar-refractivity contribution < 1.29 is 0 Å². The summed E-state index contributed by atoms with van der Waals surface area (Å²) in [7, 11) is 0. The van der Waals surface area contributed by atoms with E-state index in [9.17, 15) is 0 Å². The molecule has 0 aromatic carbocycles. The predicted molar refractivity (Wildman–Crippen MR) is 130 cm³/mol. The molecule has 0 saturated heterocycles. The number of hydrogen-bond acceptors (Lipinski definition) is 1. The first-order valence-corrected chi connectivity index (χ1v) is 12.6. The van der Waals surface area contributed by atoms with E-state index in [2.05, 4.69) is 62.3 Å². The lowest BCUT2D eigenvalue weighted by Crippen LogP contribution is -2.38. The topological polar surface area (TPSA) is 26.0 Å². The van der Waals surface area contributed by atoms with Crippen molar-refractivity contribution in [2.45, 2.75) is 145 Å². The molecule has 0 heterocycles. The zero-order valence-corrected chi connectivity index (χ0v) is 21.4. The van der Waals surface area contributed by atoms with Gasteiger partial charge < -0.3 is 5.73 Å². The minimum absolute atomic E-state index is 0.266. The Labute approximate surface area is 180 Å². The van der Waals surface area contributed by atoms with Crippen LogP contribution in [0.25, 0.3) is 0 Å². The van der Waals surface area contributed by atoms with Gasteiger partial charge in [0, 0.05) is 6.04 Å². The van der Waals surface area contributed by atoms with E-state index in [1.807, 2.05) is 0 Å². The fourth-order valence-electron chi connectivity index (χ4n) is 4.26. The van der Waals surface area contributed by atoms with E-state index in [1.54, 1.807) is 0 Å². The smallest absolute Gasteiger partial charge is 0.00902 e. The summed E-state index contributed by atoms with van der Waals surface area (Å²) in [4.78, 5) is 0. The zero-order chi connectivity index (χ0) is 21.8. The van der Waals surface area contributed by atoms with Crippen molar-refractivity contribution in [3.05, 3.63) is 0 Å². The Balaban J connectivity index is 3.85. The molecular formula is C27H57N. The van der Waals surface area contributed by atoms with Crippen LogP contribution in [0.4, 0.5) is 0 Å². The highest BCUT2D eigenvalue weighted by Crippen LogP contribution is 2.37. The third kappa shape index (κ3) is 13.2. The monoisotopic (exact) mass is 395 g/mol. The van der Waals surface area contributed by atoms with Crippen molar-refractivity contribution >= 4 is 0 Å². The molecule has 0 aliphatic carbocycles. The molecule has 0 aliphatic rings. The average Bonchev–Trinajstić information content (AvgIpc) is 2.59. The summed E-state index contributed by atoms with van der Waals surface area (Å²) in [5, 5.41) is 0. The Morgan fingerprint density at radius 3 is 1.46 bits per heavy atom. The molecule has 0 fully saturated rings. The molecule has 2 N–H and O–H groups in total. The van der Waals surface area contributed by atoms with Crippen molar-refractivity contribution in [1.29, 1.82) is 0 Å². The zero-order valence-electron chi connectivity index (χ0n) is 21.4. The highest BCUT2D eigenvalue weighted by atomic mass is 14.7. The van der Waals surface area contributed by atoms with Crippen LogP contribution in [0.3, 0.4) is 0 Å². The van der Waals surface area contributed by atoms with Crippen LogP contribution in [0, 0.1) is 28.6 Å². The molecule has 0 rings (SSSR count). The summed E-state index contributed by atoms with van der Waals surface area (Å²) >= 11 is 0. The molecule has 0 bridgehead atoms. The van der Waals surface area contributed by atoms with Crippen molar-refractivity contribution in [3.63, 3.8) is 0 Å². The standard InChI is InChI=1S/C27H57N/c1-22(2)18-16-14-12-10-11-13-15-17-19-25(28)27(8,9)21-20-23(3)24(4)26(5,6)7/h22-25H,10-21,28H2,1-9H3. The van der Waals surface area contributed by atoms with E-state index in [4.69, 9.17) is 5.73 Å². The van der Waals surface area contributed by atoms with Crippen LogP contribution >= 0.6 is 0 Å². The summed E-state index contributed by atoms with van der Waals surface area (Å²) in [5.74, 6) is 2.40. The second-order valence-corrected chi connectivity index (χ2v) is 12.1. The van der Waals surface area contributed by atoms with Gasteiger partial charge in [-0.1, -0.05) is 120 Å². The molecule has 0 spiro atoms. The molecule has 0 aliphatic heterocycles. The first-order chi connectivity index (χ1) is 12.9. The molecule has 0 aromatic rings. The number of rotatable bonds is 16. The van der Waals surface area contributed by atoms with Gasteiger partial charge in [-0.25, -0.2) is 0 Å². The van der Waals surface area contributed by atoms with E-state index in [0.717, 1.165) is 17.8 Å². The largest absolute Gasteiger partial charge is 0.327 e. The van der Waals surface area contributed by atoms with E-state index < -0.39 is 0 Å². The van der Waals surface area contributed by atoms with E-state index >= 15 is 0 Å². The van der Waals surface area contributed by atoms with Crippen molar-refractivity contribution in [2.24, 2.45) is 34.3 Å². The minimum Gasteiger partial charge on any atom is -0.327 e. The molecule has 1 nitrogen and oxygen atoms in total. The van der Waals surface area contributed by atoms with Gasteiger partial charge in [0.15, 0.2) is 0 Å². The minimum atomic E-state index is 0.266. The quantitative estimate of drug-likeness (QED) is 0.259. The molecule has 0 saturated carbocycles. The second-order valence-electron chi connectivity index (χ2n) is 12.1. The Bertz CT molecular complexity index is 363. The first-order valence-electron chi connectivity index (χ1n) is 12.6. The highest BCUT2D eigenvalue weighted by molar-refractivity contribution is 4.83. The van der Waals surface area contributed by atoms with E-state index in [-0.39, 0.29) is 5.41 Å². The molecule has 0 amide bonds. The molecule has 28 heavy (non-hydrogen) atoms. The average molecular weight is 396 g/mol. The van der Waals surface area contributed by atoms with Crippen LogP contribution in [0.2, 0.25) is 0 Å². The van der Waals surface area contributed by atoms with Crippen molar-refractivity contribution in [3.8, 4) is 0 Å². The predicted octanol–water partition coefficient (Wildman–Crippen LogP) is 9.00. The summed E-state index contributed by atoms with van der Waals surface area (Å²) in [6.07, 6.45) is 16.4. The lowest BCUT2D eigenvalue weighted by atomic mass is 9.70. The maximum absolute atomic E-state index is 6.62. The SMILES string of the molecule is CC(C)CCCCCCCCCCC(N)C(C)(C)CCC(C)C(C)C(C)(C)C. The van der Waals surface area contributed by atoms with Crippen LogP contribution in [0.15, 0.2) is 0 Å². The third-order valence-electron chi connectivity index (χ3n) is 7.51. The van der Waals surface area contributed by atoms with Gasteiger partial charge in [0.25, 0.3) is 0 Å². The van der Waals surface area contributed by atoms with Gasteiger partial charge in [0.1, 0.15) is 0 Å². The van der Waals surface area contributed by atoms with Gasteiger partial charge in [-0.05, 0) is 47.8 Å². The molecule has 3 atom stereocenters. The normalized spacial score (nSPS) is 16.4. The van der Waals surface area contributed by atoms with Gasteiger partial charge in [-0.2, -0.15) is 0 Å². The summed E-state index contributed by atoms with van der Waals surface area (Å²) in [6.45, 7) is 21.4. The van der Waals surface area contributed by atoms with Crippen LogP contribution in [0.1, 0.15) is 139 Å². The van der Waals surface area contributed by atoms with Gasteiger partial charge in [0.05, 0.1) is 0 Å².